The van der Waals surface area contributed by atoms with Gasteiger partial charge >= 0.3 is 0 Å². The molecule has 1 N–H and O–H groups in total. The number of para-hydroxylation sites is 1. The van der Waals surface area contributed by atoms with Crippen LogP contribution in [-0.4, -0.2) is 50.0 Å². The lowest BCUT2D eigenvalue weighted by Gasteiger charge is -2.32. The highest BCUT2D eigenvalue weighted by Gasteiger charge is 2.31. The molecular weight excluding hydrogens is 574 g/mol. The molecule has 2 rings (SSSR count). The average molecular weight is 603 g/mol. The number of nitrogens with one attached hydrogen (secondary N) is 1. The van der Waals surface area contributed by atoms with Gasteiger partial charge in [0.05, 0.1) is 11.9 Å². The smallest absolute Gasteiger partial charge is 0.244 e. The van der Waals surface area contributed by atoms with Crippen LogP contribution < -0.4 is 9.62 Å². The summed E-state index contributed by atoms with van der Waals surface area (Å²) in [5.74, 6) is -0.771. The van der Waals surface area contributed by atoms with Crippen LogP contribution in [0.3, 0.4) is 0 Å². The monoisotopic (exact) mass is 601 g/mol. The number of amides is 2. The number of rotatable bonds is 10. The quantitative estimate of drug-likeness (QED) is 0.439. The van der Waals surface area contributed by atoms with Crippen molar-refractivity contribution in [1.82, 2.24) is 10.2 Å². The lowest BCUT2D eigenvalue weighted by molar-refractivity contribution is -0.139. The minimum Gasteiger partial charge on any atom is -0.352 e. The van der Waals surface area contributed by atoms with Gasteiger partial charge in [0.1, 0.15) is 12.6 Å². The Labute approximate surface area is 212 Å². The first-order valence-electron chi connectivity index (χ1n) is 10.5. The van der Waals surface area contributed by atoms with Crippen molar-refractivity contribution in [3.8, 4) is 0 Å². The first kappa shape index (κ1) is 27.3. The highest BCUT2D eigenvalue weighted by Crippen LogP contribution is 2.28. The van der Waals surface area contributed by atoms with Crippen LogP contribution in [0.15, 0.2) is 57.5 Å². The molecule has 0 spiro atoms. The summed E-state index contributed by atoms with van der Waals surface area (Å²) in [5.41, 5.74) is 1.18. The van der Waals surface area contributed by atoms with E-state index in [9.17, 15) is 18.0 Å². The zero-order chi connectivity index (χ0) is 24.8. The lowest BCUT2D eigenvalue weighted by atomic mass is 10.1. The van der Waals surface area contributed by atoms with E-state index < -0.39 is 28.5 Å². The fourth-order valence-electron chi connectivity index (χ4n) is 3.08. The van der Waals surface area contributed by atoms with Crippen LogP contribution in [0.25, 0.3) is 0 Å². The van der Waals surface area contributed by atoms with Crippen LogP contribution in [0.1, 0.15) is 32.8 Å². The second kappa shape index (κ2) is 12.0. The van der Waals surface area contributed by atoms with Gasteiger partial charge in [-0.25, -0.2) is 8.42 Å². The van der Waals surface area contributed by atoms with Gasteiger partial charge < -0.3 is 10.2 Å². The Bertz CT molecular complexity index is 1080. The summed E-state index contributed by atoms with van der Waals surface area (Å²) in [4.78, 5) is 27.7. The number of sulfonamides is 1. The SMILES string of the molecule is CC[C@@H](C)NC(=O)[C@@H](C)N(Cc1ccc(Br)cc1)C(=O)CN(c1ccccc1Br)S(C)(=O)=O. The van der Waals surface area contributed by atoms with Crippen molar-refractivity contribution in [2.75, 3.05) is 17.1 Å². The normalized spacial score (nSPS) is 13.2. The van der Waals surface area contributed by atoms with Crippen LogP contribution in [0.2, 0.25) is 0 Å². The fourth-order valence-corrected chi connectivity index (χ4v) is 4.83. The highest BCUT2D eigenvalue weighted by atomic mass is 79.9. The number of carbonyl (C=O) groups excluding carboxylic acids is 2. The van der Waals surface area contributed by atoms with E-state index >= 15 is 0 Å². The Kier molecular flexibility index (Phi) is 9.93. The Balaban J connectivity index is 2.39. The largest absolute Gasteiger partial charge is 0.352 e. The molecular formula is C23H29Br2N3O4S. The molecule has 0 saturated heterocycles. The summed E-state index contributed by atoms with van der Waals surface area (Å²) in [5, 5.41) is 2.90. The van der Waals surface area contributed by atoms with Gasteiger partial charge in [-0.15, -0.1) is 0 Å². The van der Waals surface area contributed by atoms with E-state index in [0.29, 0.717) is 10.2 Å². The van der Waals surface area contributed by atoms with Crippen molar-refractivity contribution >= 4 is 59.4 Å². The number of hydrogen-bond donors (Lipinski definition) is 1. The molecule has 0 bridgehead atoms. The molecule has 0 fully saturated rings. The van der Waals surface area contributed by atoms with Crippen molar-refractivity contribution in [3.63, 3.8) is 0 Å². The zero-order valence-electron chi connectivity index (χ0n) is 19.1. The first-order chi connectivity index (χ1) is 15.4. The molecule has 7 nitrogen and oxygen atoms in total. The van der Waals surface area contributed by atoms with E-state index in [1.165, 1.54) is 4.90 Å². The van der Waals surface area contributed by atoms with Gasteiger partial charge in [0, 0.05) is 21.5 Å². The highest BCUT2D eigenvalue weighted by molar-refractivity contribution is 9.10. The van der Waals surface area contributed by atoms with Crippen molar-refractivity contribution in [1.29, 1.82) is 0 Å². The van der Waals surface area contributed by atoms with Crippen LogP contribution in [-0.2, 0) is 26.2 Å². The first-order valence-corrected chi connectivity index (χ1v) is 13.9. The molecule has 2 atom stereocenters. The molecule has 2 amide bonds. The predicted molar refractivity (Wildman–Crippen MR) is 138 cm³/mol. The topological polar surface area (TPSA) is 86.8 Å². The van der Waals surface area contributed by atoms with Gasteiger partial charge in [0.2, 0.25) is 21.8 Å². The van der Waals surface area contributed by atoms with Gasteiger partial charge in [-0.2, -0.15) is 0 Å². The van der Waals surface area contributed by atoms with Crippen LogP contribution in [0.4, 0.5) is 5.69 Å². The molecule has 0 radical (unpaired) electrons. The second-order valence-electron chi connectivity index (χ2n) is 7.86. The summed E-state index contributed by atoms with van der Waals surface area (Å²) >= 11 is 6.76. The summed E-state index contributed by atoms with van der Waals surface area (Å²) in [6.45, 7) is 5.23. The van der Waals surface area contributed by atoms with E-state index in [1.807, 2.05) is 38.1 Å². The van der Waals surface area contributed by atoms with E-state index in [-0.39, 0.29) is 18.5 Å². The number of benzene rings is 2. The van der Waals surface area contributed by atoms with E-state index in [4.69, 9.17) is 0 Å². The molecule has 2 aromatic carbocycles. The summed E-state index contributed by atoms with van der Waals surface area (Å²) in [6.07, 6.45) is 1.81. The molecule has 2 aromatic rings. The second-order valence-corrected chi connectivity index (χ2v) is 11.5. The number of carbonyl (C=O) groups is 2. The van der Waals surface area contributed by atoms with Gasteiger partial charge in [-0.3, -0.25) is 13.9 Å². The molecule has 0 saturated carbocycles. The maximum Gasteiger partial charge on any atom is 0.244 e. The summed E-state index contributed by atoms with van der Waals surface area (Å²) < 4.78 is 27.6. The van der Waals surface area contributed by atoms with Gasteiger partial charge in [0.25, 0.3) is 0 Å². The van der Waals surface area contributed by atoms with Crippen LogP contribution in [0.5, 0.6) is 0 Å². The third-order valence-corrected chi connectivity index (χ3v) is 7.56. The van der Waals surface area contributed by atoms with Gasteiger partial charge in [-0.1, -0.05) is 47.1 Å². The Morgan fingerprint density at radius 2 is 1.64 bits per heavy atom. The Hall–Kier alpha value is -1.91. The summed E-state index contributed by atoms with van der Waals surface area (Å²) in [7, 11) is -3.77. The van der Waals surface area contributed by atoms with Gasteiger partial charge in [0.15, 0.2) is 0 Å². The maximum absolute atomic E-state index is 13.5. The molecule has 180 valence electrons. The standard InChI is InChI=1S/C23H29Br2N3O4S/c1-5-16(2)26-23(30)17(3)27(14-18-10-12-19(24)13-11-18)22(29)15-28(33(4,31)32)21-9-7-6-8-20(21)25/h6-13,16-17H,5,14-15H2,1-4H3,(H,26,30)/t16-,17-/m1/s1. The van der Waals surface area contributed by atoms with Gasteiger partial charge in [-0.05, 0) is 66.0 Å². The minimum atomic E-state index is -3.77. The van der Waals surface area contributed by atoms with E-state index in [1.54, 1.807) is 31.2 Å². The van der Waals surface area contributed by atoms with Crippen LogP contribution >= 0.6 is 31.9 Å². The lowest BCUT2D eigenvalue weighted by Crippen LogP contribution is -2.52. The van der Waals surface area contributed by atoms with Crippen molar-refractivity contribution in [2.45, 2.75) is 45.8 Å². The van der Waals surface area contributed by atoms with Crippen molar-refractivity contribution in [2.24, 2.45) is 0 Å². The molecule has 0 heterocycles. The number of nitrogens with zero attached hydrogens (tertiary/aromatic N) is 2. The Morgan fingerprint density at radius 1 is 1.03 bits per heavy atom. The van der Waals surface area contributed by atoms with Crippen molar-refractivity contribution < 1.29 is 18.0 Å². The molecule has 33 heavy (non-hydrogen) atoms. The molecule has 0 aliphatic carbocycles. The summed E-state index contributed by atoms with van der Waals surface area (Å²) in [6, 6.07) is 13.4. The molecule has 0 aliphatic rings. The predicted octanol–water partition coefficient (Wildman–Crippen LogP) is 4.31. The molecule has 0 aliphatic heterocycles. The molecule has 10 heteroatoms. The third kappa shape index (κ3) is 7.82. The number of hydrogen-bond acceptors (Lipinski definition) is 4. The number of anilines is 1. The minimum absolute atomic E-state index is 0.0441. The fraction of sp³-hybridized carbons (Fsp3) is 0.391. The third-order valence-electron chi connectivity index (χ3n) is 5.23. The van der Waals surface area contributed by atoms with Crippen molar-refractivity contribution in [3.05, 3.63) is 63.0 Å². The van der Waals surface area contributed by atoms with E-state index in [2.05, 4.69) is 37.2 Å². The average Bonchev–Trinajstić information content (AvgIpc) is 2.76. The number of halogens is 2. The molecule has 0 aromatic heterocycles. The van der Waals surface area contributed by atoms with E-state index in [0.717, 1.165) is 27.0 Å². The zero-order valence-corrected chi connectivity index (χ0v) is 23.1. The maximum atomic E-state index is 13.5. The Morgan fingerprint density at radius 3 is 2.18 bits per heavy atom. The molecule has 0 unspecified atom stereocenters. The van der Waals surface area contributed by atoms with Crippen LogP contribution in [0, 0.1) is 0 Å².